The normalized spacial score (nSPS) is 10.9. The third kappa shape index (κ3) is 3.80. The van der Waals surface area contributed by atoms with Gasteiger partial charge in [-0.2, -0.15) is 0 Å². The van der Waals surface area contributed by atoms with Crippen LogP contribution in [-0.2, 0) is 6.42 Å². The predicted octanol–water partition coefficient (Wildman–Crippen LogP) is 4.14. The van der Waals surface area contributed by atoms with Crippen LogP contribution in [0.4, 0.5) is 5.13 Å². The number of hydrogen-bond acceptors (Lipinski definition) is 4. The number of anilines is 1. The van der Waals surface area contributed by atoms with E-state index < -0.39 is 0 Å². The van der Waals surface area contributed by atoms with Gasteiger partial charge in [0, 0.05) is 34.5 Å². The lowest BCUT2D eigenvalue weighted by Gasteiger charge is -2.05. The van der Waals surface area contributed by atoms with Gasteiger partial charge in [-0.25, -0.2) is 4.98 Å². The Morgan fingerprint density at radius 1 is 1.15 bits per heavy atom. The highest BCUT2D eigenvalue weighted by Crippen LogP contribution is 2.23. The van der Waals surface area contributed by atoms with Gasteiger partial charge in [0.2, 0.25) is 5.56 Å². The molecule has 0 bridgehead atoms. The second-order valence-corrected chi connectivity index (χ2v) is 7.46. The largest absolute Gasteiger partial charge is 0.322 e. The number of carbonyl (C=O) groups excluding carboxylic acids is 1. The molecule has 0 atom stereocenters. The lowest BCUT2D eigenvalue weighted by Crippen LogP contribution is -2.16. The summed E-state index contributed by atoms with van der Waals surface area (Å²) in [6.07, 6.45) is 2.54. The molecule has 1 amide bonds. The third-order valence-corrected chi connectivity index (χ3v) is 5.18. The topological polar surface area (TPSA) is 74.8 Å². The van der Waals surface area contributed by atoms with Gasteiger partial charge in [-0.1, -0.05) is 48.0 Å². The molecule has 0 saturated heterocycles. The Bertz CT molecular complexity index is 1180. The number of aryl methyl sites for hydroxylation is 1. The molecule has 6 heteroatoms. The predicted molar refractivity (Wildman–Crippen MR) is 109 cm³/mol. The van der Waals surface area contributed by atoms with Gasteiger partial charge in [0.25, 0.3) is 5.91 Å². The number of benzene rings is 2. The van der Waals surface area contributed by atoms with E-state index in [4.69, 9.17) is 0 Å². The van der Waals surface area contributed by atoms with Gasteiger partial charge in [-0.15, -0.1) is 11.3 Å². The molecule has 5 nitrogen and oxygen atoms in total. The number of fused-ring (bicyclic) bond motifs is 1. The number of nitrogens with one attached hydrogen (secondary N) is 2. The zero-order valence-electron chi connectivity index (χ0n) is 14.7. The van der Waals surface area contributed by atoms with E-state index in [0.717, 1.165) is 11.3 Å². The SMILES string of the molecule is Cc1ccc(Cc2cnc(NC(=O)c3cc(=O)[nH]c4ccccc34)s2)cc1. The van der Waals surface area contributed by atoms with Crippen molar-refractivity contribution in [2.24, 2.45) is 0 Å². The summed E-state index contributed by atoms with van der Waals surface area (Å²) in [4.78, 5) is 32.6. The summed E-state index contributed by atoms with van der Waals surface area (Å²) in [5.41, 5.74) is 3.08. The first-order valence-electron chi connectivity index (χ1n) is 8.52. The van der Waals surface area contributed by atoms with Crippen LogP contribution in [-0.4, -0.2) is 15.9 Å². The maximum atomic E-state index is 12.7. The summed E-state index contributed by atoms with van der Waals surface area (Å²) in [7, 11) is 0. The number of pyridine rings is 1. The van der Waals surface area contributed by atoms with E-state index in [2.05, 4.69) is 46.5 Å². The van der Waals surface area contributed by atoms with E-state index in [1.54, 1.807) is 12.3 Å². The Kier molecular flexibility index (Phi) is 4.56. The molecular weight excluding hydrogens is 358 g/mol. The molecule has 2 aromatic heterocycles. The highest BCUT2D eigenvalue weighted by molar-refractivity contribution is 7.15. The fraction of sp³-hybridized carbons (Fsp3) is 0.0952. The highest BCUT2D eigenvalue weighted by atomic mass is 32.1. The quantitative estimate of drug-likeness (QED) is 0.563. The minimum atomic E-state index is -0.339. The van der Waals surface area contributed by atoms with Crippen molar-refractivity contribution in [1.29, 1.82) is 0 Å². The van der Waals surface area contributed by atoms with Gasteiger partial charge in [-0.05, 0) is 18.6 Å². The average Bonchev–Trinajstić information content (AvgIpc) is 3.09. The van der Waals surface area contributed by atoms with Crippen LogP contribution in [0.5, 0.6) is 0 Å². The van der Waals surface area contributed by atoms with E-state index in [1.165, 1.54) is 28.5 Å². The summed E-state index contributed by atoms with van der Waals surface area (Å²) in [5, 5.41) is 4.03. The number of amides is 1. The Morgan fingerprint density at radius 3 is 2.74 bits per heavy atom. The Morgan fingerprint density at radius 2 is 1.93 bits per heavy atom. The molecule has 0 aliphatic carbocycles. The van der Waals surface area contributed by atoms with Crippen molar-refractivity contribution in [1.82, 2.24) is 9.97 Å². The molecule has 0 radical (unpaired) electrons. The number of hydrogen-bond donors (Lipinski definition) is 2. The van der Waals surface area contributed by atoms with Gasteiger partial charge in [0.1, 0.15) is 0 Å². The van der Waals surface area contributed by atoms with Gasteiger partial charge < -0.3 is 4.98 Å². The lowest BCUT2D eigenvalue weighted by molar-refractivity contribution is 0.102. The summed E-state index contributed by atoms with van der Waals surface area (Å²) in [6.45, 7) is 2.06. The van der Waals surface area contributed by atoms with E-state index in [1.807, 2.05) is 18.2 Å². The van der Waals surface area contributed by atoms with Crippen LogP contribution < -0.4 is 10.9 Å². The molecule has 0 saturated carbocycles. The van der Waals surface area contributed by atoms with Crippen LogP contribution in [0.1, 0.15) is 26.4 Å². The Labute approximate surface area is 159 Å². The second kappa shape index (κ2) is 7.17. The number of thiazole rings is 1. The van der Waals surface area contributed by atoms with Crippen LogP contribution in [0.2, 0.25) is 0 Å². The van der Waals surface area contributed by atoms with Crippen molar-refractivity contribution in [3.05, 3.63) is 92.7 Å². The van der Waals surface area contributed by atoms with Crippen LogP contribution >= 0.6 is 11.3 Å². The average molecular weight is 375 g/mol. The zero-order chi connectivity index (χ0) is 18.8. The Balaban J connectivity index is 1.55. The number of para-hydroxylation sites is 1. The second-order valence-electron chi connectivity index (χ2n) is 6.34. The molecule has 0 unspecified atom stereocenters. The molecule has 0 aliphatic heterocycles. The number of rotatable bonds is 4. The van der Waals surface area contributed by atoms with E-state index >= 15 is 0 Å². The summed E-state index contributed by atoms with van der Waals surface area (Å²) >= 11 is 1.44. The Hall–Kier alpha value is -3.25. The first-order chi connectivity index (χ1) is 13.1. The first kappa shape index (κ1) is 17.2. The number of carbonyl (C=O) groups is 1. The van der Waals surface area contributed by atoms with Gasteiger partial charge in [-0.3, -0.25) is 14.9 Å². The maximum Gasteiger partial charge on any atom is 0.258 e. The minimum Gasteiger partial charge on any atom is -0.322 e. The zero-order valence-corrected chi connectivity index (χ0v) is 15.5. The molecule has 4 aromatic rings. The fourth-order valence-electron chi connectivity index (χ4n) is 2.91. The van der Waals surface area contributed by atoms with Gasteiger partial charge in [0.15, 0.2) is 5.13 Å². The molecule has 2 N–H and O–H groups in total. The molecule has 0 spiro atoms. The fourth-order valence-corrected chi connectivity index (χ4v) is 3.75. The number of H-pyrrole nitrogens is 1. The standard InChI is InChI=1S/C21H17N3O2S/c1-13-6-8-14(9-7-13)10-15-12-22-21(27-15)24-20(26)17-11-19(25)23-18-5-3-2-4-16(17)18/h2-9,11-12H,10H2,1H3,(H,23,25)(H,22,24,26). The van der Waals surface area contributed by atoms with Crippen molar-refractivity contribution in [2.45, 2.75) is 13.3 Å². The van der Waals surface area contributed by atoms with Crippen LogP contribution in [0, 0.1) is 6.92 Å². The van der Waals surface area contributed by atoms with Crippen LogP contribution in [0.3, 0.4) is 0 Å². The number of aromatic amines is 1. The number of nitrogens with zero attached hydrogens (tertiary/aromatic N) is 1. The van der Waals surface area contributed by atoms with Gasteiger partial charge >= 0.3 is 0 Å². The first-order valence-corrected chi connectivity index (χ1v) is 9.34. The molecule has 4 rings (SSSR count). The molecule has 2 heterocycles. The molecule has 2 aromatic carbocycles. The van der Waals surface area contributed by atoms with Crippen molar-refractivity contribution in [3.63, 3.8) is 0 Å². The van der Waals surface area contributed by atoms with Crippen molar-refractivity contribution < 1.29 is 4.79 Å². The van der Waals surface area contributed by atoms with Crippen molar-refractivity contribution in [3.8, 4) is 0 Å². The number of aromatic nitrogens is 2. The van der Waals surface area contributed by atoms with E-state index in [0.29, 0.717) is 21.6 Å². The smallest absolute Gasteiger partial charge is 0.258 e. The molecular formula is C21H17N3O2S. The lowest BCUT2D eigenvalue weighted by atomic mass is 10.1. The monoisotopic (exact) mass is 375 g/mol. The highest BCUT2D eigenvalue weighted by Gasteiger charge is 2.14. The van der Waals surface area contributed by atoms with Crippen LogP contribution in [0.15, 0.2) is 65.6 Å². The minimum absolute atomic E-state index is 0.307. The van der Waals surface area contributed by atoms with E-state index in [9.17, 15) is 9.59 Å². The van der Waals surface area contributed by atoms with Crippen molar-refractivity contribution in [2.75, 3.05) is 5.32 Å². The summed E-state index contributed by atoms with van der Waals surface area (Å²) < 4.78 is 0. The summed E-state index contributed by atoms with van der Waals surface area (Å²) in [5.74, 6) is -0.339. The van der Waals surface area contributed by atoms with Crippen LogP contribution in [0.25, 0.3) is 10.9 Å². The van der Waals surface area contributed by atoms with E-state index in [-0.39, 0.29) is 11.5 Å². The molecule has 134 valence electrons. The molecule has 0 fully saturated rings. The maximum absolute atomic E-state index is 12.7. The molecule has 27 heavy (non-hydrogen) atoms. The molecule has 0 aliphatic rings. The van der Waals surface area contributed by atoms with Crippen molar-refractivity contribution >= 4 is 33.3 Å². The summed E-state index contributed by atoms with van der Waals surface area (Å²) in [6, 6.07) is 16.9. The van der Waals surface area contributed by atoms with Gasteiger partial charge in [0.05, 0.1) is 5.56 Å². The third-order valence-electron chi connectivity index (χ3n) is 4.27.